The van der Waals surface area contributed by atoms with Gasteiger partial charge >= 0.3 is 5.97 Å². The number of carbonyl (C=O) groups excluding carboxylic acids is 2. The maximum atomic E-state index is 11.1. The average molecular weight is 241 g/mol. The molecule has 0 radical (unpaired) electrons. The van der Waals surface area contributed by atoms with E-state index in [-0.39, 0.29) is 11.9 Å². The van der Waals surface area contributed by atoms with E-state index >= 15 is 0 Å². The highest BCUT2D eigenvalue weighted by molar-refractivity contribution is 5.91. The highest BCUT2D eigenvalue weighted by atomic mass is 16.5. The molecular weight excluding hydrogens is 218 g/mol. The summed E-state index contributed by atoms with van der Waals surface area (Å²) < 4.78 is 4.82. The lowest BCUT2D eigenvalue weighted by molar-refractivity contribution is -0.143. The van der Waals surface area contributed by atoms with Crippen molar-refractivity contribution >= 4 is 11.9 Å². The van der Waals surface area contributed by atoms with Gasteiger partial charge in [-0.25, -0.2) is 0 Å². The number of hydrogen-bond donors (Lipinski definition) is 1. The van der Waals surface area contributed by atoms with Crippen molar-refractivity contribution in [3.05, 3.63) is 12.2 Å². The van der Waals surface area contributed by atoms with Crippen LogP contribution in [0.4, 0.5) is 0 Å². The summed E-state index contributed by atoms with van der Waals surface area (Å²) in [6, 6.07) is 0. The summed E-state index contributed by atoms with van der Waals surface area (Å²) in [5.41, 5.74) is 0.535. The minimum atomic E-state index is -0.122. The molecule has 0 heterocycles. The van der Waals surface area contributed by atoms with Crippen LogP contribution >= 0.6 is 0 Å². The summed E-state index contributed by atoms with van der Waals surface area (Å²) in [5, 5.41) is 2.77. The first kappa shape index (κ1) is 15.7. The van der Waals surface area contributed by atoms with E-state index in [0.29, 0.717) is 25.1 Å². The molecule has 0 atom stereocenters. The van der Waals surface area contributed by atoms with E-state index in [1.165, 1.54) is 0 Å². The molecule has 98 valence electrons. The van der Waals surface area contributed by atoms with Crippen molar-refractivity contribution in [3.8, 4) is 0 Å². The molecule has 0 saturated heterocycles. The van der Waals surface area contributed by atoms with Crippen LogP contribution in [0.5, 0.6) is 0 Å². The third kappa shape index (κ3) is 9.60. The minimum Gasteiger partial charge on any atom is -0.466 e. The highest BCUT2D eigenvalue weighted by Gasteiger charge is 2.01. The van der Waals surface area contributed by atoms with Gasteiger partial charge in [-0.15, -0.1) is 0 Å². The number of carbonyl (C=O) groups is 2. The second-order valence-electron chi connectivity index (χ2n) is 4.01. The van der Waals surface area contributed by atoms with Gasteiger partial charge in [0.15, 0.2) is 0 Å². The SMILES string of the molecule is C=C(C)C(=O)NCCCCCCC(=O)OCC. The fourth-order valence-electron chi connectivity index (χ4n) is 1.33. The standard InChI is InChI=1S/C13H23NO3/c1-4-17-12(15)9-7-5-6-8-10-14-13(16)11(2)3/h2,4-10H2,1,3H3,(H,14,16). The molecule has 0 aromatic rings. The summed E-state index contributed by atoms with van der Waals surface area (Å²) in [4.78, 5) is 22.1. The van der Waals surface area contributed by atoms with Crippen molar-refractivity contribution in [3.63, 3.8) is 0 Å². The molecule has 1 N–H and O–H groups in total. The molecule has 1 amide bonds. The van der Waals surface area contributed by atoms with Crippen LogP contribution in [0.15, 0.2) is 12.2 Å². The molecule has 0 aliphatic heterocycles. The van der Waals surface area contributed by atoms with Crippen molar-refractivity contribution in [2.24, 2.45) is 0 Å². The zero-order chi connectivity index (χ0) is 13.1. The Hall–Kier alpha value is -1.32. The highest BCUT2D eigenvalue weighted by Crippen LogP contribution is 2.03. The Balaban J connectivity index is 3.27. The summed E-state index contributed by atoms with van der Waals surface area (Å²) >= 11 is 0. The van der Waals surface area contributed by atoms with E-state index in [2.05, 4.69) is 11.9 Å². The largest absolute Gasteiger partial charge is 0.466 e. The van der Waals surface area contributed by atoms with Gasteiger partial charge in [-0.05, 0) is 26.7 Å². The van der Waals surface area contributed by atoms with Crippen LogP contribution in [0.1, 0.15) is 46.0 Å². The van der Waals surface area contributed by atoms with Gasteiger partial charge in [0, 0.05) is 18.5 Å². The Morgan fingerprint density at radius 1 is 1.18 bits per heavy atom. The van der Waals surface area contributed by atoms with Gasteiger partial charge in [0.25, 0.3) is 0 Å². The predicted octanol–water partition coefficient (Wildman–Crippen LogP) is 2.19. The van der Waals surface area contributed by atoms with E-state index in [0.717, 1.165) is 25.7 Å². The van der Waals surface area contributed by atoms with Crippen molar-refractivity contribution in [2.75, 3.05) is 13.2 Å². The van der Waals surface area contributed by atoms with Crippen molar-refractivity contribution in [1.82, 2.24) is 5.32 Å². The van der Waals surface area contributed by atoms with Crippen LogP contribution in [0.25, 0.3) is 0 Å². The summed E-state index contributed by atoms with van der Waals surface area (Å²) in [6.07, 6.45) is 4.28. The van der Waals surface area contributed by atoms with E-state index in [9.17, 15) is 9.59 Å². The molecule has 4 heteroatoms. The van der Waals surface area contributed by atoms with E-state index in [1.807, 2.05) is 6.92 Å². The number of nitrogens with one attached hydrogen (secondary N) is 1. The molecule has 0 aliphatic rings. The normalized spacial score (nSPS) is 9.76. The number of rotatable bonds is 9. The van der Waals surface area contributed by atoms with Gasteiger partial charge < -0.3 is 10.1 Å². The molecule has 0 aliphatic carbocycles. The average Bonchev–Trinajstić information content (AvgIpc) is 2.27. The Morgan fingerprint density at radius 2 is 1.82 bits per heavy atom. The Labute approximate surface area is 103 Å². The molecule has 0 saturated carbocycles. The van der Waals surface area contributed by atoms with Crippen molar-refractivity contribution in [2.45, 2.75) is 46.0 Å². The molecule has 0 unspecified atom stereocenters. The lowest BCUT2D eigenvalue weighted by Gasteiger charge is -2.04. The number of hydrogen-bond acceptors (Lipinski definition) is 3. The molecule has 0 fully saturated rings. The molecule has 0 aromatic carbocycles. The number of ether oxygens (including phenoxy) is 1. The summed E-state index contributed by atoms with van der Waals surface area (Å²) in [7, 11) is 0. The maximum Gasteiger partial charge on any atom is 0.305 e. The lowest BCUT2D eigenvalue weighted by atomic mass is 10.1. The second kappa shape index (κ2) is 9.87. The zero-order valence-electron chi connectivity index (χ0n) is 10.9. The first-order chi connectivity index (χ1) is 8.07. The topological polar surface area (TPSA) is 55.4 Å². The summed E-state index contributed by atoms with van der Waals surface area (Å²) in [6.45, 7) is 8.18. The van der Waals surface area contributed by atoms with Gasteiger partial charge in [0.1, 0.15) is 0 Å². The fraction of sp³-hybridized carbons (Fsp3) is 0.692. The van der Waals surface area contributed by atoms with Crippen molar-refractivity contribution in [1.29, 1.82) is 0 Å². The Morgan fingerprint density at radius 3 is 2.41 bits per heavy atom. The maximum absolute atomic E-state index is 11.1. The Kier molecular flexibility index (Phi) is 9.11. The smallest absolute Gasteiger partial charge is 0.305 e. The minimum absolute atomic E-state index is 0.0866. The number of amides is 1. The zero-order valence-corrected chi connectivity index (χ0v) is 10.9. The van der Waals surface area contributed by atoms with Crippen LogP contribution in [-0.2, 0) is 14.3 Å². The second-order valence-corrected chi connectivity index (χ2v) is 4.01. The third-order valence-electron chi connectivity index (χ3n) is 2.29. The van der Waals surface area contributed by atoms with E-state index < -0.39 is 0 Å². The van der Waals surface area contributed by atoms with Gasteiger partial charge in [-0.2, -0.15) is 0 Å². The molecule has 4 nitrogen and oxygen atoms in total. The molecule has 0 aromatic heterocycles. The van der Waals surface area contributed by atoms with E-state index in [4.69, 9.17) is 4.74 Å². The van der Waals surface area contributed by atoms with Crippen LogP contribution in [0.3, 0.4) is 0 Å². The molecular formula is C13H23NO3. The third-order valence-corrected chi connectivity index (χ3v) is 2.29. The van der Waals surface area contributed by atoms with Gasteiger partial charge in [-0.1, -0.05) is 19.4 Å². The molecule has 0 spiro atoms. The van der Waals surface area contributed by atoms with E-state index in [1.54, 1.807) is 6.92 Å². The molecule has 0 bridgehead atoms. The molecule has 17 heavy (non-hydrogen) atoms. The van der Waals surface area contributed by atoms with Gasteiger partial charge in [0.2, 0.25) is 5.91 Å². The Bertz CT molecular complexity index is 261. The van der Waals surface area contributed by atoms with Crippen LogP contribution < -0.4 is 5.32 Å². The van der Waals surface area contributed by atoms with Crippen LogP contribution in [-0.4, -0.2) is 25.0 Å². The van der Waals surface area contributed by atoms with Crippen LogP contribution in [0, 0.1) is 0 Å². The fourth-order valence-corrected chi connectivity index (χ4v) is 1.33. The number of unbranched alkanes of at least 4 members (excludes halogenated alkanes) is 3. The monoisotopic (exact) mass is 241 g/mol. The van der Waals surface area contributed by atoms with Crippen LogP contribution in [0.2, 0.25) is 0 Å². The van der Waals surface area contributed by atoms with Gasteiger partial charge in [-0.3, -0.25) is 9.59 Å². The lowest BCUT2D eigenvalue weighted by Crippen LogP contribution is -2.24. The summed E-state index contributed by atoms with van der Waals surface area (Å²) in [5.74, 6) is -0.209. The van der Waals surface area contributed by atoms with Crippen molar-refractivity contribution < 1.29 is 14.3 Å². The molecule has 0 rings (SSSR count). The predicted molar refractivity (Wildman–Crippen MR) is 67.5 cm³/mol. The first-order valence-corrected chi connectivity index (χ1v) is 6.17. The first-order valence-electron chi connectivity index (χ1n) is 6.17. The van der Waals surface area contributed by atoms with Gasteiger partial charge in [0.05, 0.1) is 6.61 Å². The quantitative estimate of drug-likeness (QED) is 0.382. The number of esters is 1.